The summed E-state index contributed by atoms with van der Waals surface area (Å²) < 4.78 is 0. The number of nitrogens with one attached hydrogen (secondary N) is 1. The Hall–Kier alpha value is -0.120. The number of likely N-dealkylation sites (N-methyl/N-ethyl adjacent to an activating group) is 2. The van der Waals surface area contributed by atoms with Crippen molar-refractivity contribution in [1.29, 1.82) is 0 Å². The van der Waals surface area contributed by atoms with E-state index in [0.29, 0.717) is 0 Å². The SMILES string of the molecule is CCN1CC(CCNC)N(C)CCC1C. The molecule has 1 aliphatic rings. The molecule has 1 N–H and O–H groups in total. The van der Waals surface area contributed by atoms with Crippen molar-refractivity contribution in [2.75, 3.05) is 40.3 Å². The van der Waals surface area contributed by atoms with Gasteiger partial charge < -0.3 is 10.2 Å². The minimum atomic E-state index is 0.724. The smallest absolute Gasteiger partial charge is 0.0232 e. The fourth-order valence-electron chi connectivity index (χ4n) is 2.41. The van der Waals surface area contributed by atoms with E-state index in [0.717, 1.165) is 18.6 Å². The molecule has 2 unspecified atom stereocenters. The van der Waals surface area contributed by atoms with E-state index in [1.807, 2.05) is 7.05 Å². The van der Waals surface area contributed by atoms with Crippen molar-refractivity contribution < 1.29 is 0 Å². The van der Waals surface area contributed by atoms with E-state index in [1.54, 1.807) is 0 Å². The first-order valence-corrected chi connectivity index (χ1v) is 6.28. The Morgan fingerprint density at radius 1 is 1.40 bits per heavy atom. The van der Waals surface area contributed by atoms with Crippen LogP contribution in [0.25, 0.3) is 0 Å². The van der Waals surface area contributed by atoms with Gasteiger partial charge in [0.15, 0.2) is 0 Å². The molecule has 0 aliphatic carbocycles. The van der Waals surface area contributed by atoms with Gasteiger partial charge >= 0.3 is 0 Å². The average Bonchev–Trinajstić information content (AvgIpc) is 2.37. The molecule has 1 fully saturated rings. The van der Waals surface area contributed by atoms with Gasteiger partial charge in [-0.25, -0.2) is 0 Å². The number of hydrogen-bond donors (Lipinski definition) is 1. The van der Waals surface area contributed by atoms with Crippen molar-refractivity contribution in [2.24, 2.45) is 0 Å². The van der Waals surface area contributed by atoms with E-state index in [9.17, 15) is 0 Å². The number of hydrogen-bond acceptors (Lipinski definition) is 3. The van der Waals surface area contributed by atoms with Crippen molar-refractivity contribution in [3.8, 4) is 0 Å². The zero-order chi connectivity index (χ0) is 11.3. The second kappa shape index (κ2) is 6.46. The summed E-state index contributed by atoms with van der Waals surface area (Å²) in [5.74, 6) is 0. The summed E-state index contributed by atoms with van der Waals surface area (Å²) in [7, 11) is 4.31. The third kappa shape index (κ3) is 3.74. The lowest BCUT2D eigenvalue weighted by Gasteiger charge is -2.30. The lowest BCUT2D eigenvalue weighted by atomic mass is 10.1. The van der Waals surface area contributed by atoms with Gasteiger partial charge in [0, 0.05) is 18.6 Å². The van der Waals surface area contributed by atoms with Crippen molar-refractivity contribution in [3.05, 3.63) is 0 Å². The Morgan fingerprint density at radius 2 is 2.13 bits per heavy atom. The van der Waals surface area contributed by atoms with Crippen LogP contribution in [-0.4, -0.2) is 62.2 Å². The van der Waals surface area contributed by atoms with Crippen LogP contribution < -0.4 is 5.32 Å². The lowest BCUT2D eigenvalue weighted by molar-refractivity contribution is 0.181. The van der Waals surface area contributed by atoms with Crippen LogP contribution in [0.4, 0.5) is 0 Å². The highest BCUT2D eigenvalue weighted by Gasteiger charge is 2.24. The third-order valence-electron chi connectivity index (χ3n) is 3.73. The number of nitrogens with zero attached hydrogens (tertiary/aromatic N) is 2. The summed E-state index contributed by atoms with van der Waals surface area (Å²) in [6, 6.07) is 1.47. The Morgan fingerprint density at radius 3 is 2.73 bits per heavy atom. The van der Waals surface area contributed by atoms with Gasteiger partial charge in [0.1, 0.15) is 0 Å². The van der Waals surface area contributed by atoms with Crippen LogP contribution >= 0.6 is 0 Å². The van der Waals surface area contributed by atoms with E-state index in [4.69, 9.17) is 0 Å². The van der Waals surface area contributed by atoms with E-state index in [-0.39, 0.29) is 0 Å². The van der Waals surface area contributed by atoms with E-state index in [1.165, 1.54) is 32.5 Å². The van der Waals surface area contributed by atoms with Gasteiger partial charge in [-0.15, -0.1) is 0 Å². The molecule has 0 spiro atoms. The normalized spacial score (nSPS) is 30.4. The first kappa shape index (κ1) is 12.9. The average molecular weight is 213 g/mol. The summed E-state index contributed by atoms with van der Waals surface area (Å²) in [5.41, 5.74) is 0. The first-order valence-electron chi connectivity index (χ1n) is 6.28. The van der Waals surface area contributed by atoms with Crippen LogP contribution in [0.1, 0.15) is 26.7 Å². The van der Waals surface area contributed by atoms with Gasteiger partial charge in [0.2, 0.25) is 0 Å². The molecule has 90 valence electrons. The molecule has 0 amide bonds. The first-order chi connectivity index (χ1) is 7.19. The molecular formula is C12H27N3. The highest BCUT2D eigenvalue weighted by molar-refractivity contribution is 4.81. The molecule has 1 aliphatic heterocycles. The van der Waals surface area contributed by atoms with Gasteiger partial charge in [-0.05, 0) is 53.5 Å². The van der Waals surface area contributed by atoms with Crippen molar-refractivity contribution >= 4 is 0 Å². The zero-order valence-electron chi connectivity index (χ0n) is 10.8. The number of rotatable bonds is 4. The molecule has 1 saturated heterocycles. The second-order valence-corrected chi connectivity index (χ2v) is 4.75. The molecule has 3 heteroatoms. The van der Waals surface area contributed by atoms with Crippen molar-refractivity contribution in [2.45, 2.75) is 38.8 Å². The van der Waals surface area contributed by atoms with Crippen LogP contribution in [-0.2, 0) is 0 Å². The summed E-state index contributed by atoms with van der Waals surface area (Å²) >= 11 is 0. The second-order valence-electron chi connectivity index (χ2n) is 4.75. The van der Waals surface area contributed by atoms with Gasteiger partial charge in [-0.1, -0.05) is 6.92 Å². The summed E-state index contributed by atoms with van der Waals surface area (Å²) in [6.07, 6.45) is 2.57. The van der Waals surface area contributed by atoms with Gasteiger partial charge in [0.25, 0.3) is 0 Å². The molecule has 0 radical (unpaired) electrons. The van der Waals surface area contributed by atoms with Crippen LogP contribution in [0.5, 0.6) is 0 Å². The Balaban J connectivity index is 2.52. The molecular weight excluding hydrogens is 186 g/mol. The largest absolute Gasteiger partial charge is 0.320 e. The summed E-state index contributed by atoms with van der Waals surface area (Å²) in [6.45, 7) is 9.42. The lowest BCUT2D eigenvalue weighted by Crippen LogP contribution is -2.41. The Kier molecular flexibility index (Phi) is 5.58. The standard InChI is InChI=1S/C12H27N3/c1-5-15-10-12(6-8-13-3)14(4)9-7-11(15)2/h11-13H,5-10H2,1-4H3. The molecule has 15 heavy (non-hydrogen) atoms. The molecule has 0 aromatic rings. The fourth-order valence-corrected chi connectivity index (χ4v) is 2.41. The predicted octanol–water partition coefficient (Wildman–Crippen LogP) is 1.01. The molecule has 2 atom stereocenters. The highest BCUT2D eigenvalue weighted by atomic mass is 15.2. The van der Waals surface area contributed by atoms with Crippen molar-refractivity contribution in [3.63, 3.8) is 0 Å². The molecule has 1 heterocycles. The summed E-state index contributed by atoms with van der Waals surface area (Å²) in [5, 5.41) is 3.25. The third-order valence-corrected chi connectivity index (χ3v) is 3.73. The fraction of sp³-hybridized carbons (Fsp3) is 1.00. The van der Waals surface area contributed by atoms with Crippen molar-refractivity contribution in [1.82, 2.24) is 15.1 Å². The monoisotopic (exact) mass is 213 g/mol. The van der Waals surface area contributed by atoms with E-state index >= 15 is 0 Å². The Labute approximate surface area is 94.8 Å². The molecule has 0 aromatic heterocycles. The minimum Gasteiger partial charge on any atom is -0.320 e. The Bertz CT molecular complexity index is 172. The van der Waals surface area contributed by atoms with Crippen LogP contribution in [0, 0.1) is 0 Å². The summed E-state index contributed by atoms with van der Waals surface area (Å²) in [4.78, 5) is 5.15. The quantitative estimate of drug-likeness (QED) is 0.752. The van der Waals surface area contributed by atoms with Gasteiger partial charge in [0.05, 0.1) is 0 Å². The molecule has 0 saturated carbocycles. The minimum absolute atomic E-state index is 0.724. The van der Waals surface area contributed by atoms with Crippen LogP contribution in [0.15, 0.2) is 0 Å². The van der Waals surface area contributed by atoms with Crippen LogP contribution in [0.3, 0.4) is 0 Å². The maximum absolute atomic E-state index is 3.25. The van der Waals surface area contributed by atoms with E-state index < -0.39 is 0 Å². The van der Waals surface area contributed by atoms with Crippen LogP contribution in [0.2, 0.25) is 0 Å². The maximum Gasteiger partial charge on any atom is 0.0232 e. The molecule has 0 aromatic carbocycles. The molecule has 0 bridgehead atoms. The predicted molar refractivity (Wildman–Crippen MR) is 66.3 cm³/mol. The maximum atomic E-state index is 3.25. The zero-order valence-corrected chi connectivity index (χ0v) is 10.8. The van der Waals surface area contributed by atoms with E-state index in [2.05, 4.69) is 36.0 Å². The molecule has 1 rings (SSSR count). The van der Waals surface area contributed by atoms with Gasteiger partial charge in [-0.3, -0.25) is 4.90 Å². The topological polar surface area (TPSA) is 18.5 Å². The van der Waals surface area contributed by atoms with Gasteiger partial charge in [-0.2, -0.15) is 0 Å². The highest BCUT2D eigenvalue weighted by Crippen LogP contribution is 2.15. The molecule has 3 nitrogen and oxygen atoms in total.